The summed E-state index contributed by atoms with van der Waals surface area (Å²) in [6, 6.07) is 0. The molecule has 1 saturated heterocycles. The van der Waals surface area contributed by atoms with E-state index >= 15 is 0 Å². The fourth-order valence-electron chi connectivity index (χ4n) is 2.78. The van der Waals surface area contributed by atoms with Crippen molar-refractivity contribution in [2.24, 2.45) is 5.92 Å². The number of aryl methyl sites for hydroxylation is 2. The van der Waals surface area contributed by atoms with E-state index in [-0.39, 0.29) is 6.10 Å². The number of hydrogen-bond acceptors (Lipinski definition) is 4. The molecule has 4 heteroatoms. The molecule has 2 rings (SSSR count). The molecule has 1 fully saturated rings. The van der Waals surface area contributed by atoms with Gasteiger partial charge in [-0.2, -0.15) is 0 Å². The SMILES string of the molecule is Cc1nc(C)c(C(O)CCN2CCCC(C)C2)s1. The van der Waals surface area contributed by atoms with Gasteiger partial charge in [-0.1, -0.05) is 6.92 Å². The van der Waals surface area contributed by atoms with E-state index in [1.807, 2.05) is 13.8 Å². The second-order valence-electron chi connectivity index (χ2n) is 5.54. The zero-order valence-corrected chi connectivity index (χ0v) is 12.5. The van der Waals surface area contributed by atoms with Crippen molar-refractivity contribution in [2.45, 2.75) is 46.1 Å². The first-order chi connectivity index (χ1) is 8.56. The second-order valence-corrected chi connectivity index (χ2v) is 6.77. The molecule has 1 aromatic heterocycles. The molecule has 0 saturated carbocycles. The maximum atomic E-state index is 10.3. The number of piperidine rings is 1. The zero-order valence-electron chi connectivity index (χ0n) is 11.6. The van der Waals surface area contributed by atoms with E-state index in [0.29, 0.717) is 0 Å². The first kappa shape index (κ1) is 14.0. The molecule has 18 heavy (non-hydrogen) atoms. The van der Waals surface area contributed by atoms with Crippen LogP contribution in [0.5, 0.6) is 0 Å². The lowest BCUT2D eigenvalue weighted by Gasteiger charge is -2.31. The fraction of sp³-hybridized carbons (Fsp3) is 0.786. The summed E-state index contributed by atoms with van der Waals surface area (Å²) in [4.78, 5) is 7.92. The first-order valence-electron chi connectivity index (χ1n) is 6.90. The van der Waals surface area contributed by atoms with Crippen LogP contribution >= 0.6 is 11.3 Å². The van der Waals surface area contributed by atoms with Gasteiger partial charge in [-0.3, -0.25) is 0 Å². The first-order valence-corrected chi connectivity index (χ1v) is 7.72. The number of aliphatic hydroxyl groups is 1. The molecule has 1 aliphatic rings. The van der Waals surface area contributed by atoms with Crippen LogP contribution < -0.4 is 0 Å². The Balaban J connectivity index is 1.84. The Morgan fingerprint density at radius 1 is 1.50 bits per heavy atom. The van der Waals surface area contributed by atoms with Gasteiger partial charge in [0.05, 0.1) is 21.7 Å². The molecule has 0 spiro atoms. The number of rotatable bonds is 4. The van der Waals surface area contributed by atoms with E-state index in [9.17, 15) is 5.11 Å². The maximum Gasteiger partial charge on any atom is 0.0913 e. The van der Waals surface area contributed by atoms with Gasteiger partial charge in [0.25, 0.3) is 0 Å². The minimum Gasteiger partial charge on any atom is -0.387 e. The molecule has 1 N–H and O–H groups in total. The van der Waals surface area contributed by atoms with Gasteiger partial charge >= 0.3 is 0 Å². The largest absolute Gasteiger partial charge is 0.387 e. The van der Waals surface area contributed by atoms with Crippen LogP contribution in [0.15, 0.2) is 0 Å². The lowest BCUT2D eigenvalue weighted by molar-refractivity contribution is 0.123. The summed E-state index contributed by atoms with van der Waals surface area (Å²) in [6.45, 7) is 9.69. The fourth-order valence-corrected chi connectivity index (χ4v) is 3.73. The van der Waals surface area contributed by atoms with E-state index in [2.05, 4.69) is 16.8 Å². The van der Waals surface area contributed by atoms with Crippen molar-refractivity contribution in [1.82, 2.24) is 9.88 Å². The summed E-state index contributed by atoms with van der Waals surface area (Å²) in [7, 11) is 0. The highest BCUT2D eigenvalue weighted by atomic mass is 32.1. The molecule has 0 amide bonds. The highest BCUT2D eigenvalue weighted by Crippen LogP contribution is 2.27. The minimum atomic E-state index is -0.339. The van der Waals surface area contributed by atoms with E-state index in [0.717, 1.165) is 34.5 Å². The van der Waals surface area contributed by atoms with Crippen molar-refractivity contribution in [3.8, 4) is 0 Å². The summed E-state index contributed by atoms with van der Waals surface area (Å²) in [5, 5.41) is 11.3. The van der Waals surface area contributed by atoms with Crippen molar-refractivity contribution in [3.05, 3.63) is 15.6 Å². The third-order valence-corrected chi connectivity index (χ3v) is 4.88. The van der Waals surface area contributed by atoms with Gasteiger partial charge in [0.15, 0.2) is 0 Å². The van der Waals surface area contributed by atoms with Crippen molar-refractivity contribution in [3.63, 3.8) is 0 Å². The Kier molecular flexibility index (Phi) is 4.76. The van der Waals surface area contributed by atoms with Crippen LogP contribution in [0, 0.1) is 19.8 Å². The molecule has 0 radical (unpaired) electrons. The quantitative estimate of drug-likeness (QED) is 0.912. The van der Waals surface area contributed by atoms with Gasteiger partial charge < -0.3 is 10.0 Å². The van der Waals surface area contributed by atoms with Crippen molar-refractivity contribution in [1.29, 1.82) is 0 Å². The Morgan fingerprint density at radius 2 is 2.28 bits per heavy atom. The van der Waals surface area contributed by atoms with E-state index < -0.39 is 0 Å². The molecule has 0 aromatic carbocycles. The Hall–Kier alpha value is -0.450. The highest BCUT2D eigenvalue weighted by Gasteiger charge is 2.19. The predicted molar refractivity (Wildman–Crippen MR) is 76.0 cm³/mol. The standard InChI is InChI=1S/C14H24N2OS/c1-10-5-4-7-16(9-10)8-6-13(17)14-11(2)15-12(3)18-14/h10,13,17H,4-9H2,1-3H3. The average Bonchev–Trinajstić information content (AvgIpc) is 2.66. The zero-order chi connectivity index (χ0) is 13.1. The number of aromatic nitrogens is 1. The molecule has 2 heterocycles. The highest BCUT2D eigenvalue weighted by molar-refractivity contribution is 7.11. The number of thiazole rings is 1. The Morgan fingerprint density at radius 3 is 2.89 bits per heavy atom. The average molecular weight is 268 g/mol. The molecule has 0 bridgehead atoms. The van der Waals surface area contributed by atoms with Gasteiger partial charge in [0.2, 0.25) is 0 Å². The third-order valence-electron chi connectivity index (χ3n) is 3.70. The summed E-state index contributed by atoms with van der Waals surface area (Å²) in [6.07, 6.45) is 3.14. The van der Waals surface area contributed by atoms with Crippen molar-refractivity contribution in [2.75, 3.05) is 19.6 Å². The van der Waals surface area contributed by atoms with Crippen LogP contribution in [0.25, 0.3) is 0 Å². The van der Waals surface area contributed by atoms with Crippen LogP contribution in [-0.2, 0) is 0 Å². The third kappa shape index (κ3) is 3.53. The van der Waals surface area contributed by atoms with Crippen LogP contribution in [-0.4, -0.2) is 34.6 Å². The van der Waals surface area contributed by atoms with Crippen LogP contribution in [0.2, 0.25) is 0 Å². The van der Waals surface area contributed by atoms with Crippen LogP contribution in [0.4, 0.5) is 0 Å². The lowest BCUT2D eigenvalue weighted by atomic mass is 10.00. The van der Waals surface area contributed by atoms with Crippen molar-refractivity contribution >= 4 is 11.3 Å². The summed E-state index contributed by atoms with van der Waals surface area (Å²) < 4.78 is 0. The van der Waals surface area contributed by atoms with E-state index in [4.69, 9.17) is 0 Å². The van der Waals surface area contributed by atoms with Gasteiger partial charge in [0, 0.05) is 13.1 Å². The molecule has 2 unspecified atom stereocenters. The van der Waals surface area contributed by atoms with Crippen LogP contribution in [0.3, 0.4) is 0 Å². The summed E-state index contributed by atoms with van der Waals surface area (Å²) in [5.74, 6) is 0.809. The topological polar surface area (TPSA) is 36.4 Å². The Labute approximate surface area is 114 Å². The summed E-state index contributed by atoms with van der Waals surface area (Å²) in [5.41, 5.74) is 0.997. The molecule has 1 aliphatic heterocycles. The maximum absolute atomic E-state index is 10.3. The van der Waals surface area contributed by atoms with Gasteiger partial charge in [-0.25, -0.2) is 4.98 Å². The monoisotopic (exact) mass is 268 g/mol. The number of aliphatic hydroxyl groups excluding tert-OH is 1. The normalized spacial score (nSPS) is 23.2. The Bertz CT molecular complexity index is 391. The number of likely N-dealkylation sites (tertiary alicyclic amines) is 1. The molecular weight excluding hydrogens is 244 g/mol. The van der Waals surface area contributed by atoms with Gasteiger partial charge in [-0.05, 0) is 45.6 Å². The van der Waals surface area contributed by atoms with E-state index in [1.54, 1.807) is 11.3 Å². The molecule has 2 atom stereocenters. The van der Waals surface area contributed by atoms with Gasteiger partial charge in [0.1, 0.15) is 0 Å². The molecule has 102 valence electrons. The predicted octanol–water partition coefficient (Wildman–Crippen LogP) is 2.92. The molecule has 3 nitrogen and oxygen atoms in total. The number of nitrogens with zero attached hydrogens (tertiary/aromatic N) is 2. The molecule has 1 aromatic rings. The summed E-state index contributed by atoms with van der Waals surface area (Å²) >= 11 is 1.63. The van der Waals surface area contributed by atoms with Gasteiger partial charge in [-0.15, -0.1) is 11.3 Å². The van der Waals surface area contributed by atoms with E-state index in [1.165, 1.54) is 25.9 Å². The lowest BCUT2D eigenvalue weighted by Crippen LogP contribution is -2.35. The second kappa shape index (κ2) is 6.13. The van der Waals surface area contributed by atoms with Crippen LogP contribution in [0.1, 0.15) is 47.9 Å². The smallest absolute Gasteiger partial charge is 0.0913 e. The number of hydrogen-bond donors (Lipinski definition) is 1. The minimum absolute atomic E-state index is 0.339. The molecule has 0 aliphatic carbocycles. The molecular formula is C14H24N2OS. The van der Waals surface area contributed by atoms with Crippen molar-refractivity contribution < 1.29 is 5.11 Å².